The molecule has 0 aliphatic heterocycles. The number of aliphatic hydroxyl groups is 2. The van der Waals surface area contributed by atoms with Crippen molar-refractivity contribution in [1.82, 2.24) is 5.32 Å². The second-order valence-electron chi connectivity index (χ2n) is 26.3. The maximum atomic E-state index is 12.5. The van der Waals surface area contributed by atoms with Gasteiger partial charge in [-0.05, 0) is 64.2 Å². The predicted molar refractivity (Wildman–Crippen MR) is 370 cm³/mol. The Morgan fingerprint density at radius 3 is 0.905 bits per heavy atom. The molecule has 2 atom stereocenters. The highest BCUT2D eigenvalue weighted by Gasteiger charge is 2.18. The highest BCUT2D eigenvalue weighted by atomic mass is 16.5. The Morgan fingerprint density at radius 1 is 0.333 bits per heavy atom. The molecule has 0 saturated heterocycles. The van der Waals surface area contributed by atoms with Crippen LogP contribution in [-0.4, -0.2) is 47.4 Å². The molecule has 0 heterocycles. The number of nitrogens with one attached hydrogen (secondary N) is 1. The van der Waals surface area contributed by atoms with E-state index in [-0.39, 0.29) is 18.5 Å². The number of carbonyl (C=O) groups is 2. The molecular formula is C78H149NO5. The van der Waals surface area contributed by atoms with Crippen molar-refractivity contribution in [2.24, 2.45) is 0 Å². The van der Waals surface area contributed by atoms with Crippen LogP contribution in [0.2, 0.25) is 0 Å². The van der Waals surface area contributed by atoms with E-state index in [9.17, 15) is 19.8 Å². The van der Waals surface area contributed by atoms with Gasteiger partial charge in [-0.3, -0.25) is 9.59 Å². The van der Waals surface area contributed by atoms with Crippen molar-refractivity contribution < 1.29 is 24.5 Å². The third kappa shape index (κ3) is 69.2. The molecule has 0 radical (unpaired) electrons. The van der Waals surface area contributed by atoms with E-state index in [1.807, 2.05) is 6.08 Å². The van der Waals surface area contributed by atoms with Crippen LogP contribution in [0.5, 0.6) is 0 Å². The first-order valence-corrected chi connectivity index (χ1v) is 38.3. The maximum Gasteiger partial charge on any atom is 0.305 e. The third-order valence-corrected chi connectivity index (χ3v) is 17.9. The van der Waals surface area contributed by atoms with Crippen LogP contribution >= 0.6 is 0 Å². The van der Waals surface area contributed by atoms with Crippen molar-refractivity contribution in [2.45, 2.75) is 437 Å². The minimum Gasteiger partial charge on any atom is -0.466 e. The average Bonchev–Trinajstić information content (AvgIpc) is 3.51. The van der Waals surface area contributed by atoms with Crippen LogP contribution in [-0.2, 0) is 14.3 Å². The van der Waals surface area contributed by atoms with Gasteiger partial charge < -0.3 is 20.3 Å². The highest BCUT2D eigenvalue weighted by Crippen LogP contribution is 2.19. The molecule has 0 saturated carbocycles. The molecule has 0 rings (SSSR count). The molecule has 0 aromatic heterocycles. The zero-order valence-electron chi connectivity index (χ0n) is 56.9. The number of unbranched alkanes of at least 4 members (excludes halogenated alkanes) is 57. The van der Waals surface area contributed by atoms with Crippen LogP contribution in [0.3, 0.4) is 0 Å². The summed E-state index contributed by atoms with van der Waals surface area (Å²) in [5.74, 6) is -0.0397. The van der Waals surface area contributed by atoms with Crippen LogP contribution in [0.25, 0.3) is 0 Å². The van der Waals surface area contributed by atoms with E-state index in [0.717, 1.165) is 44.9 Å². The molecule has 496 valence electrons. The normalized spacial score (nSPS) is 12.7. The van der Waals surface area contributed by atoms with Gasteiger partial charge in [0.2, 0.25) is 5.91 Å². The van der Waals surface area contributed by atoms with E-state index in [1.54, 1.807) is 6.08 Å². The number of allylic oxidation sites excluding steroid dienone is 5. The molecular weight excluding hydrogens is 1030 g/mol. The molecule has 0 spiro atoms. The van der Waals surface area contributed by atoms with Gasteiger partial charge in [-0.15, -0.1) is 0 Å². The van der Waals surface area contributed by atoms with Gasteiger partial charge in [0.1, 0.15) is 0 Å². The average molecular weight is 1180 g/mol. The monoisotopic (exact) mass is 1180 g/mol. The second-order valence-corrected chi connectivity index (χ2v) is 26.3. The molecule has 0 bridgehead atoms. The number of rotatable bonds is 72. The minimum absolute atomic E-state index is 0.0242. The summed E-state index contributed by atoms with van der Waals surface area (Å²) < 4.78 is 5.51. The molecule has 0 aromatic rings. The Bertz CT molecular complexity index is 1360. The Hall–Kier alpha value is -1.92. The van der Waals surface area contributed by atoms with Gasteiger partial charge in [0.15, 0.2) is 0 Å². The van der Waals surface area contributed by atoms with Crippen molar-refractivity contribution in [2.75, 3.05) is 13.2 Å². The second kappa shape index (κ2) is 73.5. The Morgan fingerprint density at radius 2 is 0.595 bits per heavy atom. The van der Waals surface area contributed by atoms with Gasteiger partial charge in [0, 0.05) is 12.8 Å². The van der Waals surface area contributed by atoms with Crippen LogP contribution in [0.15, 0.2) is 36.5 Å². The van der Waals surface area contributed by atoms with Crippen LogP contribution in [0, 0.1) is 0 Å². The lowest BCUT2D eigenvalue weighted by molar-refractivity contribution is -0.143. The fourth-order valence-corrected chi connectivity index (χ4v) is 12.1. The number of esters is 1. The first-order valence-electron chi connectivity index (χ1n) is 38.3. The summed E-state index contributed by atoms with van der Waals surface area (Å²) in [6.45, 7) is 4.93. The predicted octanol–water partition coefficient (Wildman–Crippen LogP) is 25.0. The smallest absolute Gasteiger partial charge is 0.305 e. The summed E-state index contributed by atoms with van der Waals surface area (Å²) in [5, 5.41) is 23.1. The van der Waals surface area contributed by atoms with Gasteiger partial charge in [-0.2, -0.15) is 0 Å². The van der Waals surface area contributed by atoms with Gasteiger partial charge in [0.25, 0.3) is 0 Å². The summed E-state index contributed by atoms with van der Waals surface area (Å²) in [5.41, 5.74) is 0. The molecule has 1 amide bonds. The largest absolute Gasteiger partial charge is 0.466 e. The summed E-state index contributed by atoms with van der Waals surface area (Å²) in [6.07, 6.45) is 95.6. The fraction of sp³-hybridized carbons (Fsp3) is 0.897. The number of amides is 1. The lowest BCUT2D eigenvalue weighted by Gasteiger charge is -2.20. The Kier molecular flexibility index (Phi) is 71.9. The molecule has 0 aliphatic rings. The molecule has 0 aliphatic carbocycles. The van der Waals surface area contributed by atoms with Gasteiger partial charge in [0.05, 0.1) is 25.4 Å². The van der Waals surface area contributed by atoms with Gasteiger partial charge in [-0.25, -0.2) is 0 Å². The van der Waals surface area contributed by atoms with Gasteiger partial charge >= 0.3 is 5.97 Å². The highest BCUT2D eigenvalue weighted by molar-refractivity contribution is 5.76. The van der Waals surface area contributed by atoms with Crippen molar-refractivity contribution in [3.8, 4) is 0 Å². The first-order chi connectivity index (χ1) is 41.5. The molecule has 6 nitrogen and oxygen atoms in total. The molecule has 0 fully saturated rings. The number of aliphatic hydroxyl groups excluding tert-OH is 2. The molecule has 2 unspecified atom stereocenters. The Balaban J connectivity index is 3.34. The Labute approximate surface area is 525 Å². The summed E-state index contributed by atoms with van der Waals surface area (Å²) >= 11 is 0. The quantitative estimate of drug-likeness (QED) is 0.0320. The molecule has 84 heavy (non-hydrogen) atoms. The zero-order valence-corrected chi connectivity index (χ0v) is 56.9. The van der Waals surface area contributed by atoms with Crippen molar-refractivity contribution in [3.63, 3.8) is 0 Å². The topological polar surface area (TPSA) is 95.9 Å². The summed E-state index contributed by atoms with van der Waals surface area (Å²) in [4.78, 5) is 24.6. The zero-order chi connectivity index (χ0) is 60.6. The summed E-state index contributed by atoms with van der Waals surface area (Å²) in [6, 6.07) is -0.624. The van der Waals surface area contributed by atoms with E-state index >= 15 is 0 Å². The van der Waals surface area contributed by atoms with E-state index in [2.05, 4.69) is 43.5 Å². The number of ether oxygens (including phenoxy) is 1. The van der Waals surface area contributed by atoms with E-state index < -0.39 is 12.1 Å². The molecule has 3 N–H and O–H groups in total. The third-order valence-electron chi connectivity index (χ3n) is 17.9. The molecule has 6 heteroatoms. The number of hydrogen-bond donors (Lipinski definition) is 3. The van der Waals surface area contributed by atoms with E-state index in [1.165, 1.54) is 353 Å². The van der Waals surface area contributed by atoms with Crippen LogP contribution < -0.4 is 5.32 Å². The minimum atomic E-state index is -0.841. The van der Waals surface area contributed by atoms with E-state index in [4.69, 9.17) is 4.74 Å². The maximum absolute atomic E-state index is 12.5. The summed E-state index contributed by atoms with van der Waals surface area (Å²) in [7, 11) is 0. The number of hydrogen-bond acceptors (Lipinski definition) is 5. The van der Waals surface area contributed by atoms with Gasteiger partial charge in [-0.1, -0.05) is 384 Å². The lowest BCUT2D eigenvalue weighted by atomic mass is 10.0. The van der Waals surface area contributed by atoms with Crippen LogP contribution in [0.4, 0.5) is 0 Å². The van der Waals surface area contributed by atoms with Crippen molar-refractivity contribution >= 4 is 11.9 Å². The SMILES string of the molecule is CCCCCCCCCCCC/C=C/C(O)C(CO)NC(=O)CCCCCCCCCCCCCCCCCCC/C=C\C/C=C\CCCCCCCCCCCCCCCCCOC(=O)CCCCCCCCCCCCCCCCCC. The van der Waals surface area contributed by atoms with E-state index in [0.29, 0.717) is 19.4 Å². The number of carbonyl (C=O) groups excluding carboxylic acids is 2. The van der Waals surface area contributed by atoms with Crippen LogP contribution in [0.1, 0.15) is 425 Å². The van der Waals surface area contributed by atoms with Crippen molar-refractivity contribution in [3.05, 3.63) is 36.5 Å². The fourth-order valence-electron chi connectivity index (χ4n) is 12.1. The van der Waals surface area contributed by atoms with Crippen molar-refractivity contribution in [1.29, 1.82) is 0 Å². The lowest BCUT2D eigenvalue weighted by Crippen LogP contribution is -2.45. The first kappa shape index (κ1) is 82.1. The standard InChI is InChI=1S/C78H149NO5/c1-3-5-7-9-11-13-15-17-18-45-48-52-56-60-64-68-72-78(83)84-73-69-65-61-57-53-49-46-43-41-39-37-35-33-31-29-27-25-23-21-19-20-22-24-26-28-30-32-34-36-38-40-42-44-47-51-55-59-63-67-71-77(82)79-75(74-80)76(81)70-66-62-58-54-50-16-14-12-10-8-6-4-2/h19-20,23,25,66,70,75-76,80-81H,3-18,21-22,24,26-65,67-69,71-74H2,1-2H3,(H,79,82)/b20-19-,25-23-,70-66+. The molecule has 0 aromatic carbocycles.